The number of hydrogen-bond acceptors (Lipinski definition) is 4. The van der Waals surface area contributed by atoms with Crippen molar-refractivity contribution in [1.82, 2.24) is 9.97 Å². The van der Waals surface area contributed by atoms with Crippen LogP contribution in [-0.4, -0.2) is 24.1 Å². The zero-order valence-electron chi connectivity index (χ0n) is 9.36. The Morgan fingerprint density at radius 3 is 2.38 bits per heavy atom. The Kier molecular flexibility index (Phi) is 3.00. The predicted octanol–water partition coefficient (Wildman–Crippen LogP) is 2.23. The van der Waals surface area contributed by atoms with Crippen molar-refractivity contribution in [1.29, 1.82) is 0 Å². The smallest absolute Gasteiger partial charge is 0.224 e. The molecular weight excluding hydrogens is 200 g/mol. The number of hydrogen-bond donors (Lipinski definition) is 2. The van der Waals surface area contributed by atoms with Crippen LogP contribution in [0, 0.1) is 0 Å². The van der Waals surface area contributed by atoms with Gasteiger partial charge in [0.15, 0.2) is 0 Å². The van der Waals surface area contributed by atoms with Gasteiger partial charge in [-0.05, 0) is 5.56 Å². The summed E-state index contributed by atoms with van der Waals surface area (Å²) in [4.78, 5) is 8.57. The molecule has 82 valence electrons. The summed E-state index contributed by atoms with van der Waals surface area (Å²) in [5.74, 6) is 1.44. The number of rotatable bonds is 3. The van der Waals surface area contributed by atoms with Crippen molar-refractivity contribution >= 4 is 11.8 Å². The molecule has 0 aliphatic heterocycles. The summed E-state index contributed by atoms with van der Waals surface area (Å²) in [6, 6.07) is 10.1. The van der Waals surface area contributed by atoms with Gasteiger partial charge in [-0.3, -0.25) is 0 Å². The van der Waals surface area contributed by atoms with Gasteiger partial charge in [-0.1, -0.05) is 30.3 Å². The van der Waals surface area contributed by atoms with Crippen LogP contribution >= 0.6 is 0 Å². The van der Waals surface area contributed by atoms with E-state index in [0.29, 0.717) is 5.95 Å². The van der Waals surface area contributed by atoms with Gasteiger partial charge in [0.25, 0.3) is 0 Å². The number of aromatic nitrogens is 2. The highest BCUT2D eigenvalue weighted by Crippen LogP contribution is 2.25. The Bertz CT molecular complexity index is 468. The summed E-state index contributed by atoms with van der Waals surface area (Å²) in [5, 5.41) is 6.00. The van der Waals surface area contributed by atoms with Crippen molar-refractivity contribution in [2.24, 2.45) is 0 Å². The van der Waals surface area contributed by atoms with Gasteiger partial charge in [0.1, 0.15) is 5.82 Å². The van der Waals surface area contributed by atoms with Crippen LogP contribution in [0.5, 0.6) is 0 Å². The first kappa shape index (κ1) is 10.4. The van der Waals surface area contributed by atoms with E-state index in [9.17, 15) is 0 Å². The van der Waals surface area contributed by atoms with Crippen molar-refractivity contribution < 1.29 is 0 Å². The highest BCUT2D eigenvalue weighted by Gasteiger charge is 2.06. The molecule has 0 saturated carbocycles. The third-order valence-electron chi connectivity index (χ3n) is 2.33. The Hall–Kier alpha value is -2.10. The lowest BCUT2D eigenvalue weighted by atomic mass is 10.1. The lowest BCUT2D eigenvalue weighted by Gasteiger charge is -2.09. The highest BCUT2D eigenvalue weighted by molar-refractivity contribution is 5.74. The van der Waals surface area contributed by atoms with Gasteiger partial charge < -0.3 is 10.6 Å². The van der Waals surface area contributed by atoms with Crippen molar-refractivity contribution in [2.75, 3.05) is 24.7 Å². The SMILES string of the molecule is CNc1ncc(-c2ccccc2)c(NC)n1. The van der Waals surface area contributed by atoms with E-state index in [4.69, 9.17) is 0 Å². The van der Waals surface area contributed by atoms with Crippen LogP contribution in [-0.2, 0) is 0 Å². The lowest BCUT2D eigenvalue weighted by Crippen LogP contribution is -2.02. The molecule has 2 N–H and O–H groups in total. The van der Waals surface area contributed by atoms with Crippen LogP contribution in [0.1, 0.15) is 0 Å². The van der Waals surface area contributed by atoms with Crippen LogP contribution in [0.15, 0.2) is 36.5 Å². The molecule has 0 aliphatic rings. The molecule has 0 amide bonds. The Morgan fingerprint density at radius 1 is 1.00 bits per heavy atom. The zero-order valence-corrected chi connectivity index (χ0v) is 9.36. The van der Waals surface area contributed by atoms with Gasteiger partial charge in [-0.25, -0.2) is 4.98 Å². The lowest BCUT2D eigenvalue weighted by molar-refractivity contribution is 1.15. The van der Waals surface area contributed by atoms with Crippen LogP contribution in [0.25, 0.3) is 11.1 Å². The maximum atomic E-state index is 4.35. The van der Waals surface area contributed by atoms with Crippen molar-refractivity contribution in [3.63, 3.8) is 0 Å². The molecule has 0 unspecified atom stereocenters. The minimum atomic E-state index is 0.615. The summed E-state index contributed by atoms with van der Waals surface area (Å²) < 4.78 is 0. The molecule has 4 nitrogen and oxygen atoms in total. The second-order valence-electron chi connectivity index (χ2n) is 3.32. The van der Waals surface area contributed by atoms with Crippen molar-refractivity contribution in [3.8, 4) is 11.1 Å². The van der Waals surface area contributed by atoms with E-state index in [1.165, 1.54) is 0 Å². The molecule has 0 bridgehead atoms. The van der Waals surface area contributed by atoms with E-state index in [0.717, 1.165) is 16.9 Å². The fourth-order valence-electron chi connectivity index (χ4n) is 1.52. The molecule has 0 atom stereocenters. The molecule has 0 aliphatic carbocycles. The molecule has 0 spiro atoms. The molecule has 0 saturated heterocycles. The van der Waals surface area contributed by atoms with Gasteiger partial charge >= 0.3 is 0 Å². The first-order valence-electron chi connectivity index (χ1n) is 5.13. The summed E-state index contributed by atoms with van der Waals surface area (Å²) >= 11 is 0. The monoisotopic (exact) mass is 214 g/mol. The second kappa shape index (κ2) is 4.61. The quantitative estimate of drug-likeness (QED) is 0.822. The largest absolute Gasteiger partial charge is 0.372 e. The fourth-order valence-corrected chi connectivity index (χ4v) is 1.52. The minimum Gasteiger partial charge on any atom is -0.372 e. The minimum absolute atomic E-state index is 0.615. The molecule has 0 fully saturated rings. The maximum Gasteiger partial charge on any atom is 0.224 e. The molecule has 1 aromatic carbocycles. The van der Waals surface area contributed by atoms with Crippen LogP contribution < -0.4 is 10.6 Å². The Labute approximate surface area is 94.8 Å². The molecular formula is C12H14N4. The topological polar surface area (TPSA) is 49.8 Å². The van der Waals surface area contributed by atoms with Gasteiger partial charge in [0.2, 0.25) is 5.95 Å². The predicted molar refractivity (Wildman–Crippen MR) is 66.6 cm³/mol. The van der Waals surface area contributed by atoms with E-state index in [1.54, 1.807) is 7.05 Å². The molecule has 1 aromatic heterocycles. The van der Waals surface area contributed by atoms with E-state index in [2.05, 4.69) is 20.6 Å². The first-order chi connectivity index (χ1) is 7.85. The first-order valence-corrected chi connectivity index (χ1v) is 5.13. The molecule has 0 radical (unpaired) electrons. The number of anilines is 2. The molecule has 16 heavy (non-hydrogen) atoms. The molecule has 4 heteroatoms. The van der Waals surface area contributed by atoms with Crippen LogP contribution in [0.2, 0.25) is 0 Å². The molecule has 2 rings (SSSR count). The average molecular weight is 214 g/mol. The number of nitrogens with one attached hydrogen (secondary N) is 2. The van der Waals surface area contributed by atoms with Gasteiger partial charge in [0.05, 0.1) is 0 Å². The summed E-state index contributed by atoms with van der Waals surface area (Å²) in [6.45, 7) is 0. The third-order valence-corrected chi connectivity index (χ3v) is 2.33. The van der Waals surface area contributed by atoms with Gasteiger partial charge in [0, 0.05) is 25.9 Å². The third kappa shape index (κ3) is 1.95. The number of nitrogens with zero attached hydrogens (tertiary/aromatic N) is 2. The average Bonchev–Trinajstić information content (AvgIpc) is 2.39. The van der Waals surface area contributed by atoms with Crippen molar-refractivity contribution in [3.05, 3.63) is 36.5 Å². The van der Waals surface area contributed by atoms with Crippen LogP contribution in [0.3, 0.4) is 0 Å². The Morgan fingerprint density at radius 2 is 1.75 bits per heavy atom. The van der Waals surface area contributed by atoms with E-state index >= 15 is 0 Å². The van der Waals surface area contributed by atoms with Gasteiger partial charge in [-0.15, -0.1) is 0 Å². The standard InChI is InChI=1S/C12H14N4/c1-13-11-10(8-15-12(14-2)16-11)9-6-4-3-5-7-9/h3-8H,1-2H3,(H2,13,14,15,16). The highest BCUT2D eigenvalue weighted by atomic mass is 15.1. The normalized spacial score (nSPS) is 9.88. The summed E-state index contributed by atoms with van der Waals surface area (Å²) in [6.07, 6.45) is 1.82. The van der Waals surface area contributed by atoms with Crippen molar-refractivity contribution in [2.45, 2.75) is 0 Å². The van der Waals surface area contributed by atoms with Gasteiger partial charge in [-0.2, -0.15) is 4.98 Å². The molecule has 2 aromatic rings. The Balaban J connectivity index is 2.49. The second-order valence-corrected chi connectivity index (χ2v) is 3.32. The van der Waals surface area contributed by atoms with E-state index in [-0.39, 0.29) is 0 Å². The molecule has 1 heterocycles. The fraction of sp³-hybridized carbons (Fsp3) is 0.167. The summed E-state index contributed by atoms with van der Waals surface area (Å²) in [5.41, 5.74) is 2.11. The summed E-state index contributed by atoms with van der Waals surface area (Å²) in [7, 11) is 3.66. The zero-order chi connectivity index (χ0) is 11.4. The number of benzene rings is 1. The van der Waals surface area contributed by atoms with E-state index in [1.807, 2.05) is 43.6 Å². The van der Waals surface area contributed by atoms with E-state index < -0.39 is 0 Å². The maximum absolute atomic E-state index is 4.35. The van der Waals surface area contributed by atoms with Crippen LogP contribution in [0.4, 0.5) is 11.8 Å².